The van der Waals surface area contributed by atoms with Gasteiger partial charge >= 0.3 is 0 Å². The molecule has 0 amide bonds. The summed E-state index contributed by atoms with van der Waals surface area (Å²) >= 11 is 0. The summed E-state index contributed by atoms with van der Waals surface area (Å²) in [5.41, 5.74) is 12.9. The zero-order valence-corrected chi connectivity index (χ0v) is 9.89. The van der Waals surface area contributed by atoms with Crippen molar-refractivity contribution in [1.82, 2.24) is 50.8 Å². The zero-order chi connectivity index (χ0) is 13.9. The molecule has 4 rings (SSSR count). The number of H-pyrrole nitrogens is 2. The summed E-state index contributed by atoms with van der Waals surface area (Å²) in [7, 11) is 0. The molecule has 0 atom stereocenters. The van der Waals surface area contributed by atoms with Gasteiger partial charge in [0.2, 0.25) is 11.3 Å². The topological polar surface area (TPSA) is 187 Å². The molecule has 0 saturated carbocycles. The first-order valence-corrected chi connectivity index (χ1v) is 5.29. The molecule has 4 aromatic heterocycles. The van der Waals surface area contributed by atoms with Crippen molar-refractivity contribution >= 4 is 34.0 Å². The van der Waals surface area contributed by atoms with Gasteiger partial charge in [0.05, 0.1) is 0 Å². The molecule has 0 aliphatic rings. The van der Waals surface area contributed by atoms with Crippen molar-refractivity contribution in [1.29, 1.82) is 0 Å². The third kappa shape index (κ3) is 2.00. The standard InChI is InChI=1S/2C4H4N6/c2*5-3-2-4(7-1-6-3)9-10-8-2/h2*1H,(H3,5,6,7,8,9,10). The summed E-state index contributed by atoms with van der Waals surface area (Å²) in [5.74, 6) is 0.692. The van der Waals surface area contributed by atoms with Crippen molar-refractivity contribution in [3.05, 3.63) is 12.7 Å². The van der Waals surface area contributed by atoms with E-state index in [0.717, 1.165) is 0 Å². The van der Waals surface area contributed by atoms with E-state index in [0.29, 0.717) is 34.0 Å². The molecule has 0 aromatic carbocycles. The van der Waals surface area contributed by atoms with Gasteiger partial charge in [-0.05, 0) is 0 Å². The number of fused-ring (bicyclic) bond motifs is 2. The van der Waals surface area contributed by atoms with Crippen LogP contribution in [0.25, 0.3) is 22.3 Å². The van der Waals surface area contributed by atoms with Crippen LogP contribution in [0.3, 0.4) is 0 Å². The van der Waals surface area contributed by atoms with Gasteiger partial charge in [0, 0.05) is 0 Å². The molecule has 0 spiro atoms. The number of rotatable bonds is 0. The van der Waals surface area contributed by atoms with Gasteiger partial charge in [0.15, 0.2) is 22.7 Å². The minimum absolute atomic E-state index is 0.346. The van der Waals surface area contributed by atoms with Crippen LogP contribution in [-0.2, 0) is 0 Å². The Morgan fingerprint density at radius 3 is 1.50 bits per heavy atom. The normalized spacial score (nSPS) is 10.4. The third-order valence-corrected chi connectivity index (χ3v) is 2.30. The molecule has 0 radical (unpaired) electrons. The van der Waals surface area contributed by atoms with Crippen LogP contribution in [0.2, 0.25) is 0 Å². The second kappa shape index (κ2) is 4.68. The van der Waals surface area contributed by atoms with Crippen molar-refractivity contribution in [2.45, 2.75) is 0 Å². The van der Waals surface area contributed by atoms with Crippen molar-refractivity contribution in [2.24, 2.45) is 0 Å². The Labute approximate surface area is 110 Å². The van der Waals surface area contributed by atoms with Gasteiger partial charge in [-0.15, -0.1) is 10.2 Å². The number of hydrogen-bond acceptors (Lipinski definition) is 10. The lowest BCUT2D eigenvalue weighted by Gasteiger charge is -1.86. The van der Waals surface area contributed by atoms with E-state index < -0.39 is 0 Å². The van der Waals surface area contributed by atoms with E-state index in [1.165, 1.54) is 12.7 Å². The molecular formula is C8H8N12. The van der Waals surface area contributed by atoms with Crippen molar-refractivity contribution in [3.63, 3.8) is 0 Å². The second-order valence-corrected chi connectivity index (χ2v) is 3.51. The number of nitrogen functional groups attached to an aromatic ring is 2. The number of anilines is 2. The van der Waals surface area contributed by atoms with Gasteiger partial charge in [0.1, 0.15) is 12.7 Å². The summed E-state index contributed by atoms with van der Waals surface area (Å²) in [4.78, 5) is 15.1. The second-order valence-electron chi connectivity index (χ2n) is 3.51. The smallest absolute Gasteiger partial charge is 0.206 e. The molecule has 0 fully saturated rings. The third-order valence-electron chi connectivity index (χ3n) is 2.30. The SMILES string of the molecule is Nc1ncnc2n[nH]nc12.Nc1ncnc2n[nH]nc12. The van der Waals surface area contributed by atoms with E-state index in [1.807, 2.05) is 0 Å². The highest BCUT2D eigenvalue weighted by Crippen LogP contribution is 2.08. The number of aromatic nitrogens is 10. The van der Waals surface area contributed by atoms with E-state index in [-0.39, 0.29) is 0 Å². The van der Waals surface area contributed by atoms with E-state index >= 15 is 0 Å². The Bertz CT molecular complexity index is 775. The molecule has 0 aliphatic heterocycles. The van der Waals surface area contributed by atoms with Crippen LogP contribution in [0.4, 0.5) is 11.6 Å². The molecule has 4 heterocycles. The lowest BCUT2D eigenvalue weighted by molar-refractivity contribution is 0.954. The van der Waals surface area contributed by atoms with E-state index in [2.05, 4.69) is 50.8 Å². The van der Waals surface area contributed by atoms with Crippen LogP contribution in [0, 0.1) is 0 Å². The lowest BCUT2D eigenvalue weighted by Crippen LogP contribution is -1.91. The largest absolute Gasteiger partial charge is 0.382 e. The predicted octanol–water partition coefficient (Wildman–Crippen LogP) is -1.34. The Morgan fingerprint density at radius 1 is 0.650 bits per heavy atom. The quantitative estimate of drug-likeness (QED) is 0.298. The summed E-state index contributed by atoms with van der Waals surface area (Å²) in [6.07, 6.45) is 2.69. The Kier molecular flexibility index (Phi) is 2.72. The van der Waals surface area contributed by atoms with E-state index in [4.69, 9.17) is 11.5 Å². The first-order valence-electron chi connectivity index (χ1n) is 5.29. The monoisotopic (exact) mass is 272 g/mol. The van der Waals surface area contributed by atoms with Crippen LogP contribution >= 0.6 is 0 Å². The van der Waals surface area contributed by atoms with Crippen molar-refractivity contribution in [2.75, 3.05) is 11.5 Å². The number of aromatic amines is 2. The molecule has 12 heteroatoms. The number of nitrogens with one attached hydrogen (secondary N) is 2. The maximum absolute atomic E-state index is 5.43. The van der Waals surface area contributed by atoms with E-state index in [9.17, 15) is 0 Å². The van der Waals surface area contributed by atoms with E-state index in [1.54, 1.807) is 0 Å². The molecular weight excluding hydrogens is 264 g/mol. The molecule has 0 saturated heterocycles. The summed E-state index contributed by atoms with van der Waals surface area (Å²) in [6.45, 7) is 0. The van der Waals surface area contributed by atoms with Crippen LogP contribution in [0.5, 0.6) is 0 Å². The lowest BCUT2D eigenvalue weighted by atomic mass is 10.5. The van der Waals surface area contributed by atoms with Gasteiger partial charge < -0.3 is 11.5 Å². The van der Waals surface area contributed by atoms with Crippen LogP contribution in [0.1, 0.15) is 0 Å². The summed E-state index contributed by atoms with van der Waals surface area (Å²) in [5, 5.41) is 19.7. The van der Waals surface area contributed by atoms with Gasteiger partial charge in [-0.1, -0.05) is 0 Å². The fourth-order valence-corrected chi connectivity index (χ4v) is 1.39. The number of nitrogens with two attached hydrogens (primary N) is 2. The Hall–Kier alpha value is -3.44. The Morgan fingerprint density at radius 2 is 1.10 bits per heavy atom. The fraction of sp³-hybridized carbons (Fsp3) is 0. The van der Waals surface area contributed by atoms with Gasteiger partial charge in [0.25, 0.3) is 0 Å². The van der Waals surface area contributed by atoms with Gasteiger partial charge in [-0.25, -0.2) is 19.9 Å². The molecule has 6 N–H and O–H groups in total. The highest BCUT2D eigenvalue weighted by molar-refractivity contribution is 5.79. The van der Waals surface area contributed by atoms with Crippen molar-refractivity contribution in [3.8, 4) is 0 Å². The number of nitrogens with zero attached hydrogens (tertiary/aromatic N) is 8. The number of hydrogen-bond donors (Lipinski definition) is 4. The van der Waals surface area contributed by atoms with Crippen LogP contribution in [0.15, 0.2) is 12.7 Å². The molecule has 0 unspecified atom stereocenters. The maximum atomic E-state index is 5.43. The van der Waals surface area contributed by atoms with Crippen LogP contribution < -0.4 is 11.5 Å². The van der Waals surface area contributed by atoms with Crippen LogP contribution in [-0.4, -0.2) is 50.8 Å². The maximum Gasteiger partial charge on any atom is 0.206 e. The molecule has 4 aromatic rings. The first-order chi connectivity index (χ1) is 9.75. The van der Waals surface area contributed by atoms with Gasteiger partial charge in [-0.2, -0.15) is 20.6 Å². The highest BCUT2D eigenvalue weighted by atomic mass is 15.4. The fourth-order valence-electron chi connectivity index (χ4n) is 1.39. The van der Waals surface area contributed by atoms with Crippen molar-refractivity contribution < 1.29 is 0 Å². The summed E-state index contributed by atoms with van der Waals surface area (Å²) < 4.78 is 0. The molecule has 100 valence electrons. The summed E-state index contributed by atoms with van der Waals surface area (Å²) in [6, 6.07) is 0. The molecule has 12 nitrogen and oxygen atoms in total. The minimum Gasteiger partial charge on any atom is -0.382 e. The molecule has 0 bridgehead atoms. The Balaban J connectivity index is 0.000000121. The average molecular weight is 272 g/mol. The average Bonchev–Trinajstić information content (AvgIpc) is 3.08. The highest BCUT2D eigenvalue weighted by Gasteiger charge is 2.02. The minimum atomic E-state index is 0.346. The van der Waals surface area contributed by atoms with Gasteiger partial charge in [-0.3, -0.25) is 0 Å². The zero-order valence-electron chi connectivity index (χ0n) is 9.89. The molecule has 20 heavy (non-hydrogen) atoms. The predicted molar refractivity (Wildman–Crippen MR) is 67.8 cm³/mol. The first kappa shape index (κ1) is 11.6. The molecule has 0 aliphatic carbocycles.